The van der Waals surface area contributed by atoms with Crippen LogP contribution in [-0.4, -0.2) is 11.7 Å². The Kier molecular flexibility index (Phi) is 7.60. The number of carbonyl (C=O) groups is 1. The Labute approximate surface area is 170 Å². The highest BCUT2D eigenvalue weighted by Gasteiger charge is 2.07. The van der Waals surface area contributed by atoms with Crippen molar-refractivity contribution in [2.24, 2.45) is 5.73 Å². The van der Waals surface area contributed by atoms with Gasteiger partial charge in [0.25, 0.3) is 5.91 Å². The van der Waals surface area contributed by atoms with Crippen molar-refractivity contribution >= 4 is 29.8 Å². The Bertz CT molecular complexity index is 927. The van der Waals surface area contributed by atoms with Crippen LogP contribution in [0.1, 0.15) is 27.0 Å². The lowest BCUT2D eigenvalue weighted by Gasteiger charge is -2.09. The first kappa shape index (κ1) is 21.0. The van der Waals surface area contributed by atoms with Crippen molar-refractivity contribution in [1.82, 2.24) is 5.32 Å². The van der Waals surface area contributed by atoms with Crippen molar-refractivity contribution in [3.05, 3.63) is 101 Å². The van der Waals surface area contributed by atoms with Gasteiger partial charge in [0.15, 0.2) is 0 Å². The summed E-state index contributed by atoms with van der Waals surface area (Å²) in [5, 5.41) is 13.7. The third kappa shape index (κ3) is 5.86. The topological polar surface area (TPSA) is 91.0 Å². The van der Waals surface area contributed by atoms with Gasteiger partial charge in [-0.05, 0) is 35.4 Å². The van der Waals surface area contributed by atoms with Crippen LogP contribution in [0, 0.1) is 5.41 Å². The van der Waals surface area contributed by atoms with E-state index in [1.165, 1.54) is 5.56 Å². The van der Waals surface area contributed by atoms with Crippen molar-refractivity contribution in [1.29, 1.82) is 5.41 Å². The highest BCUT2D eigenvalue weighted by molar-refractivity contribution is 6.00. The molecule has 0 aromatic heterocycles. The molecule has 0 aliphatic rings. The highest BCUT2D eigenvalue weighted by Crippen LogP contribution is 2.12. The molecule has 0 aliphatic heterocycles. The van der Waals surface area contributed by atoms with Crippen molar-refractivity contribution in [3.8, 4) is 0 Å². The first-order chi connectivity index (χ1) is 13.1. The molecule has 1 amide bonds. The second-order valence-corrected chi connectivity index (χ2v) is 6.21. The van der Waals surface area contributed by atoms with E-state index in [0.717, 1.165) is 17.8 Å². The number of nitrogens with two attached hydrogens (primary N) is 1. The lowest BCUT2D eigenvalue weighted by molar-refractivity contribution is 0.0951. The van der Waals surface area contributed by atoms with Gasteiger partial charge < -0.3 is 16.4 Å². The van der Waals surface area contributed by atoms with Crippen LogP contribution in [0.2, 0.25) is 0 Å². The van der Waals surface area contributed by atoms with Crippen LogP contribution < -0.4 is 16.4 Å². The normalized spacial score (nSPS) is 9.86. The second kappa shape index (κ2) is 10.1. The number of anilines is 1. The van der Waals surface area contributed by atoms with Crippen molar-refractivity contribution in [2.45, 2.75) is 13.1 Å². The number of hydrogen-bond acceptors (Lipinski definition) is 3. The van der Waals surface area contributed by atoms with Gasteiger partial charge in [-0.25, -0.2) is 0 Å². The molecule has 0 heterocycles. The van der Waals surface area contributed by atoms with E-state index >= 15 is 0 Å². The lowest BCUT2D eigenvalue weighted by atomic mass is 10.1. The molecule has 28 heavy (non-hydrogen) atoms. The summed E-state index contributed by atoms with van der Waals surface area (Å²) in [6.07, 6.45) is 0. The lowest BCUT2D eigenvalue weighted by Crippen LogP contribution is -2.23. The van der Waals surface area contributed by atoms with Gasteiger partial charge in [0, 0.05) is 29.9 Å². The maximum Gasteiger partial charge on any atom is 0.251 e. The maximum absolute atomic E-state index is 12.3. The van der Waals surface area contributed by atoms with Crippen LogP contribution in [-0.2, 0) is 13.1 Å². The molecule has 3 aromatic rings. The number of amidine groups is 1. The third-order valence-corrected chi connectivity index (χ3v) is 4.18. The van der Waals surface area contributed by atoms with Gasteiger partial charge in [0.2, 0.25) is 0 Å². The smallest absolute Gasteiger partial charge is 0.251 e. The summed E-state index contributed by atoms with van der Waals surface area (Å²) in [5.74, 6) is -0.243. The zero-order valence-corrected chi connectivity index (χ0v) is 16.1. The van der Waals surface area contributed by atoms with E-state index < -0.39 is 0 Å². The summed E-state index contributed by atoms with van der Waals surface area (Å²) >= 11 is 0. The fourth-order valence-corrected chi connectivity index (χ4v) is 2.65. The van der Waals surface area contributed by atoms with Crippen LogP contribution in [0.5, 0.6) is 0 Å². The van der Waals surface area contributed by atoms with Crippen molar-refractivity contribution < 1.29 is 4.79 Å². The molecule has 6 heteroatoms. The van der Waals surface area contributed by atoms with E-state index in [0.29, 0.717) is 17.7 Å². The van der Waals surface area contributed by atoms with Crippen LogP contribution in [0.15, 0.2) is 78.9 Å². The molecule has 0 radical (unpaired) electrons. The number of nitrogen functional groups attached to an aromatic ring is 1. The van der Waals surface area contributed by atoms with Crippen molar-refractivity contribution in [3.63, 3.8) is 0 Å². The Morgan fingerprint density at radius 1 is 0.821 bits per heavy atom. The fraction of sp³-hybridized carbons (Fsp3) is 0.0909. The van der Waals surface area contributed by atoms with Gasteiger partial charge in [-0.2, -0.15) is 0 Å². The Morgan fingerprint density at radius 2 is 1.46 bits per heavy atom. The quantitative estimate of drug-likeness (QED) is 0.361. The molecule has 3 aromatic carbocycles. The van der Waals surface area contributed by atoms with E-state index in [4.69, 9.17) is 11.1 Å². The van der Waals surface area contributed by atoms with Crippen LogP contribution >= 0.6 is 12.4 Å². The summed E-state index contributed by atoms with van der Waals surface area (Å²) < 4.78 is 0. The zero-order chi connectivity index (χ0) is 19.1. The summed E-state index contributed by atoms with van der Waals surface area (Å²) in [7, 11) is 0. The first-order valence-electron chi connectivity index (χ1n) is 8.71. The molecule has 0 fully saturated rings. The summed E-state index contributed by atoms with van der Waals surface area (Å²) in [4.78, 5) is 12.3. The minimum absolute atomic E-state index is 0. The Morgan fingerprint density at radius 3 is 2.14 bits per heavy atom. The number of carbonyl (C=O) groups excluding carboxylic acids is 1. The number of nitrogens with one attached hydrogen (secondary N) is 3. The largest absolute Gasteiger partial charge is 0.384 e. The second-order valence-electron chi connectivity index (χ2n) is 6.21. The van der Waals surface area contributed by atoms with Gasteiger partial charge in [0.1, 0.15) is 5.84 Å². The summed E-state index contributed by atoms with van der Waals surface area (Å²) in [5.41, 5.74) is 9.76. The predicted molar refractivity (Wildman–Crippen MR) is 116 cm³/mol. The molecule has 5 N–H and O–H groups in total. The van der Waals surface area contributed by atoms with E-state index in [1.807, 2.05) is 42.5 Å². The molecule has 5 nitrogen and oxygen atoms in total. The van der Waals surface area contributed by atoms with Crippen LogP contribution in [0.3, 0.4) is 0 Å². The molecular weight excluding hydrogens is 372 g/mol. The maximum atomic E-state index is 12.3. The minimum atomic E-state index is -0.190. The van der Waals surface area contributed by atoms with Gasteiger partial charge >= 0.3 is 0 Å². The zero-order valence-electron chi connectivity index (χ0n) is 15.3. The molecule has 0 saturated heterocycles. The summed E-state index contributed by atoms with van der Waals surface area (Å²) in [6.45, 7) is 1.20. The SMILES string of the molecule is Cl.N=C(N)c1cccc(C(=O)NCc2ccc(NCc3ccccc3)cc2)c1. The molecule has 0 atom stereocenters. The van der Waals surface area contributed by atoms with Gasteiger partial charge in [-0.3, -0.25) is 10.2 Å². The average Bonchev–Trinajstić information content (AvgIpc) is 2.72. The van der Waals surface area contributed by atoms with Gasteiger partial charge in [-0.15, -0.1) is 12.4 Å². The number of amides is 1. The van der Waals surface area contributed by atoms with Crippen molar-refractivity contribution in [2.75, 3.05) is 5.32 Å². The molecule has 0 spiro atoms. The van der Waals surface area contributed by atoms with Crippen LogP contribution in [0.4, 0.5) is 5.69 Å². The molecule has 0 saturated carbocycles. The molecule has 0 aliphatic carbocycles. The van der Waals surface area contributed by atoms with E-state index in [-0.39, 0.29) is 24.1 Å². The highest BCUT2D eigenvalue weighted by atomic mass is 35.5. The predicted octanol–water partition coefficient (Wildman–Crippen LogP) is 3.93. The Balaban J connectivity index is 0.00000280. The Hall–Kier alpha value is -3.31. The molecule has 144 valence electrons. The van der Waals surface area contributed by atoms with E-state index in [9.17, 15) is 4.79 Å². The minimum Gasteiger partial charge on any atom is -0.384 e. The fourth-order valence-electron chi connectivity index (χ4n) is 2.65. The number of halogens is 1. The number of benzene rings is 3. The van der Waals surface area contributed by atoms with Gasteiger partial charge in [0.05, 0.1) is 0 Å². The molecule has 0 bridgehead atoms. The number of rotatable bonds is 7. The number of hydrogen-bond donors (Lipinski definition) is 4. The first-order valence-corrected chi connectivity index (χ1v) is 8.71. The van der Waals surface area contributed by atoms with E-state index in [1.54, 1.807) is 24.3 Å². The third-order valence-electron chi connectivity index (χ3n) is 4.18. The molecular formula is C22H23ClN4O. The average molecular weight is 395 g/mol. The van der Waals surface area contributed by atoms with E-state index in [2.05, 4.69) is 22.8 Å². The standard InChI is InChI=1S/C22H22N4O.ClH/c23-21(24)18-7-4-8-19(13-18)22(27)26-15-17-9-11-20(12-10-17)25-14-16-5-2-1-3-6-16;/h1-13,25H,14-15H2,(H3,23,24)(H,26,27);1H. The van der Waals surface area contributed by atoms with Crippen LogP contribution in [0.25, 0.3) is 0 Å². The monoisotopic (exact) mass is 394 g/mol. The summed E-state index contributed by atoms with van der Waals surface area (Å²) in [6, 6.07) is 24.9. The van der Waals surface area contributed by atoms with Gasteiger partial charge in [-0.1, -0.05) is 54.6 Å². The molecule has 0 unspecified atom stereocenters. The molecule has 3 rings (SSSR count).